The van der Waals surface area contributed by atoms with E-state index < -0.39 is 5.97 Å². The quantitative estimate of drug-likeness (QED) is 0.755. The Kier molecular flexibility index (Phi) is 2.93. The lowest BCUT2D eigenvalue weighted by atomic mass is 10.1. The van der Waals surface area contributed by atoms with E-state index >= 15 is 0 Å². The Morgan fingerprint density at radius 1 is 1.44 bits per heavy atom. The van der Waals surface area contributed by atoms with Crippen LogP contribution in [0.2, 0.25) is 0 Å². The first-order valence-electron chi connectivity index (χ1n) is 6.18. The minimum Gasteiger partial charge on any atom is -0.481 e. The Labute approximate surface area is 108 Å². The number of carbonyl (C=O) groups is 1. The summed E-state index contributed by atoms with van der Waals surface area (Å²) < 4.78 is 1.70. The maximum atomic E-state index is 11.9. The number of carboxylic acids is 1. The fourth-order valence-electron chi connectivity index (χ4n) is 2.46. The van der Waals surface area contributed by atoms with Gasteiger partial charge in [0.25, 0.3) is 0 Å². The molecule has 1 heterocycles. The van der Waals surface area contributed by atoms with Crippen LogP contribution in [0, 0.1) is 11.8 Å². The molecule has 3 rings (SSSR count). The highest BCUT2D eigenvalue weighted by atomic mass is 32.2. The van der Waals surface area contributed by atoms with Crippen LogP contribution in [0.4, 0.5) is 0 Å². The lowest BCUT2D eigenvalue weighted by molar-refractivity contribution is -0.133. The van der Waals surface area contributed by atoms with Crippen molar-refractivity contribution in [2.75, 3.05) is 5.75 Å². The zero-order chi connectivity index (χ0) is 12.7. The topological polar surface area (TPSA) is 88.0 Å². The Bertz CT molecular complexity index is 504. The molecule has 0 aromatic carbocycles. The summed E-state index contributed by atoms with van der Waals surface area (Å²) >= 11 is 1.12. The monoisotopic (exact) mass is 269 g/mol. The lowest BCUT2D eigenvalue weighted by Gasteiger charge is -2.17. The number of carboxylic acid groups (broad SMARTS) is 1. The number of aromatic nitrogens is 3. The van der Waals surface area contributed by atoms with Crippen molar-refractivity contribution in [2.24, 2.45) is 11.8 Å². The molecule has 0 saturated heterocycles. The maximum Gasteiger partial charge on any atom is 0.344 e. The van der Waals surface area contributed by atoms with Crippen molar-refractivity contribution in [3.63, 3.8) is 0 Å². The third-order valence-electron chi connectivity index (χ3n) is 3.50. The second kappa shape index (κ2) is 4.46. The van der Waals surface area contributed by atoms with Crippen LogP contribution in [-0.4, -0.2) is 31.6 Å². The third kappa shape index (κ3) is 2.31. The molecule has 0 radical (unpaired) electrons. The van der Waals surface area contributed by atoms with E-state index in [1.54, 1.807) is 4.57 Å². The first-order chi connectivity index (χ1) is 8.66. The standard InChI is InChI=1S/C11H15N3O3S/c15-8(16)5-18-11-13-12-10(17)14(11)9(6-1-2-6)7-3-4-7/h6-7,9H,1-5H2,(H,12,17)(H,15,16). The predicted octanol–water partition coefficient (Wildman–Crippen LogP) is 1.11. The molecule has 0 spiro atoms. The summed E-state index contributed by atoms with van der Waals surface area (Å²) in [6, 6.07) is 0.229. The zero-order valence-corrected chi connectivity index (χ0v) is 10.7. The molecule has 2 aliphatic carbocycles. The number of thioether (sulfide) groups is 1. The fourth-order valence-corrected chi connectivity index (χ4v) is 3.17. The van der Waals surface area contributed by atoms with Crippen molar-refractivity contribution in [1.82, 2.24) is 14.8 Å². The fraction of sp³-hybridized carbons (Fsp3) is 0.727. The number of H-pyrrole nitrogens is 1. The summed E-state index contributed by atoms with van der Waals surface area (Å²) in [4.78, 5) is 22.5. The van der Waals surface area contributed by atoms with Crippen molar-refractivity contribution in [3.8, 4) is 0 Å². The summed E-state index contributed by atoms with van der Waals surface area (Å²) in [5.74, 6) is 0.206. The molecular weight excluding hydrogens is 254 g/mol. The summed E-state index contributed by atoms with van der Waals surface area (Å²) in [6.45, 7) is 0. The van der Waals surface area contributed by atoms with Crippen molar-refractivity contribution in [3.05, 3.63) is 10.5 Å². The first kappa shape index (κ1) is 11.8. The van der Waals surface area contributed by atoms with Crippen LogP contribution in [0.1, 0.15) is 31.7 Å². The molecule has 0 bridgehead atoms. The van der Waals surface area contributed by atoms with Crippen LogP contribution in [0.25, 0.3) is 0 Å². The number of aromatic amines is 1. The third-order valence-corrected chi connectivity index (χ3v) is 4.44. The van der Waals surface area contributed by atoms with E-state index in [2.05, 4.69) is 10.2 Å². The molecular formula is C11H15N3O3S. The van der Waals surface area contributed by atoms with Gasteiger partial charge in [-0.1, -0.05) is 11.8 Å². The van der Waals surface area contributed by atoms with Gasteiger partial charge in [0.2, 0.25) is 0 Å². The van der Waals surface area contributed by atoms with E-state index in [0.29, 0.717) is 17.0 Å². The largest absolute Gasteiger partial charge is 0.481 e. The van der Waals surface area contributed by atoms with Crippen molar-refractivity contribution >= 4 is 17.7 Å². The molecule has 2 fully saturated rings. The van der Waals surface area contributed by atoms with Gasteiger partial charge in [0, 0.05) is 6.04 Å². The first-order valence-corrected chi connectivity index (χ1v) is 7.17. The number of hydrogen-bond donors (Lipinski definition) is 2. The number of nitrogens with one attached hydrogen (secondary N) is 1. The van der Waals surface area contributed by atoms with Crippen LogP contribution >= 0.6 is 11.8 Å². The van der Waals surface area contributed by atoms with E-state index in [1.807, 2.05) is 0 Å². The highest BCUT2D eigenvalue weighted by molar-refractivity contribution is 7.99. The van der Waals surface area contributed by atoms with Crippen LogP contribution in [0.15, 0.2) is 9.95 Å². The normalized spacial score (nSPS) is 19.4. The van der Waals surface area contributed by atoms with Gasteiger partial charge in [0.1, 0.15) is 0 Å². The molecule has 1 aromatic heterocycles. The molecule has 2 N–H and O–H groups in total. The molecule has 18 heavy (non-hydrogen) atoms. The summed E-state index contributed by atoms with van der Waals surface area (Å²) in [6.07, 6.45) is 4.67. The Hall–Kier alpha value is -1.24. The minimum absolute atomic E-state index is 0.0631. The lowest BCUT2D eigenvalue weighted by Crippen LogP contribution is -2.26. The molecule has 0 amide bonds. The van der Waals surface area contributed by atoms with Gasteiger partial charge in [-0.3, -0.25) is 9.36 Å². The molecule has 1 aromatic rings. The van der Waals surface area contributed by atoms with Crippen LogP contribution in [-0.2, 0) is 4.79 Å². The molecule has 6 nitrogen and oxygen atoms in total. The number of aliphatic carboxylic acids is 1. The van der Waals surface area contributed by atoms with Gasteiger partial charge >= 0.3 is 11.7 Å². The maximum absolute atomic E-state index is 11.9. The summed E-state index contributed by atoms with van der Waals surface area (Å²) in [5.41, 5.74) is -0.202. The smallest absolute Gasteiger partial charge is 0.344 e. The van der Waals surface area contributed by atoms with E-state index in [4.69, 9.17) is 5.11 Å². The van der Waals surface area contributed by atoms with Crippen molar-refractivity contribution in [2.45, 2.75) is 36.9 Å². The molecule has 98 valence electrons. The molecule has 2 saturated carbocycles. The van der Waals surface area contributed by atoms with E-state index in [0.717, 1.165) is 11.8 Å². The van der Waals surface area contributed by atoms with Crippen molar-refractivity contribution < 1.29 is 9.90 Å². The Balaban J connectivity index is 1.86. The second-order valence-corrected chi connectivity index (χ2v) is 5.97. The van der Waals surface area contributed by atoms with Gasteiger partial charge in [-0.25, -0.2) is 9.89 Å². The van der Waals surface area contributed by atoms with Crippen LogP contribution in [0.3, 0.4) is 0 Å². The number of nitrogens with zero attached hydrogens (tertiary/aromatic N) is 2. The Morgan fingerprint density at radius 2 is 2.06 bits per heavy atom. The van der Waals surface area contributed by atoms with Crippen LogP contribution < -0.4 is 5.69 Å². The molecule has 2 aliphatic rings. The van der Waals surface area contributed by atoms with Gasteiger partial charge in [0.15, 0.2) is 5.16 Å². The highest BCUT2D eigenvalue weighted by Gasteiger charge is 2.44. The molecule has 0 aliphatic heterocycles. The second-order valence-electron chi connectivity index (χ2n) is 5.03. The van der Waals surface area contributed by atoms with Gasteiger partial charge in [-0.2, -0.15) is 0 Å². The average molecular weight is 269 g/mol. The van der Waals surface area contributed by atoms with E-state index in [1.165, 1.54) is 25.7 Å². The molecule has 7 heteroatoms. The van der Waals surface area contributed by atoms with Crippen molar-refractivity contribution in [1.29, 1.82) is 0 Å². The van der Waals surface area contributed by atoms with Gasteiger partial charge in [-0.15, -0.1) is 5.10 Å². The van der Waals surface area contributed by atoms with Crippen LogP contribution in [0.5, 0.6) is 0 Å². The van der Waals surface area contributed by atoms with Gasteiger partial charge in [-0.05, 0) is 37.5 Å². The van der Waals surface area contributed by atoms with Gasteiger partial charge < -0.3 is 5.11 Å². The molecule has 0 unspecified atom stereocenters. The highest BCUT2D eigenvalue weighted by Crippen LogP contribution is 2.52. The summed E-state index contributed by atoms with van der Waals surface area (Å²) in [7, 11) is 0. The zero-order valence-electron chi connectivity index (χ0n) is 9.83. The predicted molar refractivity (Wildman–Crippen MR) is 65.7 cm³/mol. The number of hydrogen-bond acceptors (Lipinski definition) is 4. The van der Waals surface area contributed by atoms with Gasteiger partial charge in [0.05, 0.1) is 5.75 Å². The minimum atomic E-state index is -0.892. The Morgan fingerprint density at radius 3 is 2.56 bits per heavy atom. The average Bonchev–Trinajstić information content (AvgIpc) is 3.20. The van der Waals surface area contributed by atoms with E-state index in [9.17, 15) is 9.59 Å². The van der Waals surface area contributed by atoms with E-state index in [-0.39, 0.29) is 17.5 Å². The molecule has 0 atom stereocenters. The SMILES string of the molecule is O=C(O)CSc1n[nH]c(=O)n1C(C1CC1)C1CC1. The number of rotatable bonds is 6. The summed E-state index contributed by atoms with van der Waals surface area (Å²) in [5, 5.41) is 15.6.